The molecule has 444 valence electrons. The van der Waals surface area contributed by atoms with Crippen molar-refractivity contribution in [1.82, 2.24) is 0 Å². The molecule has 0 bridgehead atoms. The second-order valence-electron chi connectivity index (χ2n) is 24.0. The van der Waals surface area contributed by atoms with Gasteiger partial charge in [-0.05, 0) is 66.0 Å². The third-order valence-corrected chi connectivity index (χ3v) is 18.1. The number of aryl methyl sites for hydroxylation is 1. The number of hydrogen-bond acceptors (Lipinski definition) is 4. The van der Waals surface area contributed by atoms with Gasteiger partial charge in [0.15, 0.2) is 0 Å². The minimum Gasteiger partial charge on any atom is -0.744 e. The van der Waals surface area contributed by atoms with Crippen molar-refractivity contribution in [1.29, 1.82) is 0 Å². The quantitative estimate of drug-likeness (QED) is 0.0376. The van der Waals surface area contributed by atoms with Gasteiger partial charge >= 0.3 is 29.6 Å². The molecule has 0 saturated heterocycles. The molecule has 0 radical (unpaired) electrons. The maximum atomic E-state index is 13.3. The molecule has 0 amide bonds. The Morgan fingerprint density at radius 2 is 0.468 bits per heavy atom. The Morgan fingerprint density at radius 3 is 0.688 bits per heavy atom. The Hall–Kier alpha value is -0.720. The van der Waals surface area contributed by atoms with Crippen molar-refractivity contribution in [3.8, 4) is 0 Å². The standard InChI is InChI=1S/C70H128O3S.CH2O.Na/c1-4-7-10-13-16-19-22-25-28-31-34-37-40-43-46-49-52-55-60-65-66(61-56-53-50-47-44-41-38-35-32-29-26-23-20-17-14-11-8-5-2)68(70(74(71,72)73)69-64-59-58-62-67(65)69)63-57-54-51-48-45-42-39-36-33-30-27-24-21-18-15-12-9-6-3;1-2;/h58-59,62,64H,4-57,60-61,63H2,1-3H3,(H,71,72,73);1H2;/q;;+1/p-1. The number of rotatable bonds is 58. The van der Waals surface area contributed by atoms with Crippen LogP contribution in [0.4, 0.5) is 0 Å². The molecular formula is C71H129NaO4S. The van der Waals surface area contributed by atoms with Crippen LogP contribution < -0.4 is 29.6 Å². The summed E-state index contributed by atoms with van der Waals surface area (Å²) in [6.07, 6.45) is 75.8. The summed E-state index contributed by atoms with van der Waals surface area (Å²) in [7, 11) is -4.64. The molecule has 0 N–H and O–H groups in total. The van der Waals surface area contributed by atoms with Gasteiger partial charge in [0, 0.05) is 0 Å². The van der Waals surface area contributed by atoms with Crippen molar-refractivity contribution < 1.29 is 47.3 Å². The van der Waals surface area contributed by atoms with E-state index in [0.717, 1.165) is 49.5 Å². The first kappa shape index (κ1) is 76.3. The van der Waals surface area contributed by atoms with Crippen LogP contribution in [0.25, 0.3) is 10.8 Å². The van der Waals surface area contributed by atoms with Crippen LogP contribution in [0.3, 0.4) is 0 Å². The van der Waals surface area contributed by atoms with Crippen LogP contribution in [-0.2, 0) is 34.2 Å². The van der Waals surface area contributed by atoms with Gasteiger partial charge in [0.05, 0.1) is 4.90 Å². The monoisotopic (exact) mass is 1100 g/mol. The van der Waals surface area contributed by atoms with E-state index < -0.39 is 10.1 Å². The van der Waals surface area contributed by atoms with E-state index in [4.69, 9.17) is 4.79 Å². The normalized spacial score (nSPS) is 11.6. The Morgan fingerprint density at radius 1 is 0.286 bits per heavy atom. The van der Waals surface area contributed by atoms with Gasteiger partial charge in [0.2, 0.25) is 0 Å². The van der Waals surface area contributed by atoms with Crippen molar-refractivity contribution in [3.63, 3.8) is 0 Å². The van der Waals surface area contributed by atoms with Crippen molar-refractivity contribution in [2.24, 2.45) is 0 Å². The van der Waals surface area contributed by atoms with Gasteiger partial charge in [0.25, 0.3) is 0 Å². The van der Waals surface area contributed by atoms with Crippen LogP contribution in [0.5, 0.6) is 0 Å². The second-order valence-corrected chi connectivity index (χ2v) is 25.4. The third-order valence-electron chi connectivity index (χ3n) is 17.1. The minimum absolute atomic E-state index is 0. The van der Waals surface area contributed by atoms with E-state index in [2.05, 4.69) is 32.9 Å². The maximum Gasteiger partial charge on any atom is 1.00 e. The van der Waals surface area contributed by atoms with Crippen molar-refractivity contribution >= 4 is 27.7 Å². The van der Waals surface area contributed by atoms with Crippen LogP contribution in [0.1, 0.15) is 384 Å². The molecule has 77 heavy (non-hydrogen) atoms. The molecule has 0 aromatic heterocycles. The molecule has 0 saturated carbocycles. The van der Waals surface area contributed by atoms with E-state index in [-0.39, 0.29) is 34.5 Å². The SMILES string of the molecule is C=O.CCCCCCCCCCCCCCCCCCCCc1c(CCCCCCCCCCCCCCCCCCCC)c(S(=O)(=O)[O-])c2ccccc2c1CCCCCCCCCCCCCCCCCCCC.[Na+]. The summed E-state index contributed by atoms with van der Waals surface area (Å²) in [5, 5.41) is 1.70. The number of fused-ring (bicyclic) bond motifs is 1. The predicted molar refractivity (Wildman–Crippen MR) is 336 cm³/mol. The molecule has 0 aliphatic heterocycles. The molecule has 0 unspecified atom stereocenters. The molecule has 0 aliphatic carbocycles. The van der Waals surface area contributed by atoms with Crippen molar-refractivity contribution in [3.05, 3.63) is 41.0 Å². The first-order valence-electron chi connectivity index (χ1n) is 34.3. The van der Waals surface area contributed by atoms with E-state index in [1.54, 1.807) is 0 Å². The molecule has 2 rings (SSSR count). The Labute approximate surface area is 504 Å². The van der Waals surface area contributed by atoms with Gasteiger partial charge in [0.1, 0.15) is 16.9 Å². The van der Waals surface area contributed by atoms with Gasteiger partial charge < -0.3 is 9.35 Å². The molecule has 0 spiro atoms. The van der Waals surface area contributed by atoms with Gasteiger partial charge in [-0.3, -0.25) is 0 Å². The second kappa shape index (κ2) is 58.5. The number of benzene rings is 2. The van der Waals surface area contributed by atoms with Gasteiger partial charge in [-0.15, -0.1) is 0 Å². The van der Waals surface area contributed by atoms with E-state index in [1.165, 1.54) is 332 Å². The van der Waals surface area contributed by atoms with Crippen LogP contribution in [0.2, 0.25) is 0 Å². The van der Waals surface area contributed by atoms with Crippen LogP contribution in [0.15, 0.2) is 29.2 Å². The molecule has 2 aromatic carbocycles. The Bertz CT molecular complexity index is 1640. The average Bonchev–Trinajstić information content (AvgIpc) is 3.43. The van der Waals surface area contributed by atoms with Crippen LogP contribution >= 0.6 is 0 Å². The van der Waals surface area contributed by atoms with Crippen molar-refractivity contribution in [2.75, 3.05) is 0 Å². The first-order valence-corrected chi connectivity index (χ1v) is 35.7. The molecule has 0 fully saturated rings. The molecule has 4 nitrogen and oxygen atoms in total. The summed E-state index contributed by atoms with van der Waals surface area (Å²) in [6.45, 7) is 8.90. The van der Waals surface area contributed by atoms with Crippen LogP contribution in [0, 0.1) is 0 Å². The third kappa shape index (κ3) is 43.6. The van der Waals surface area contributed by atoms with Crippen molar-refractivity contribution in [2.45, 2.75) is 392 Å². The molecule has 2 aromatic rings. The van der Waals surface area contributed by atoms with Crippen LogP contribution in [-0.4, -0.2) is 19.8 Å². The fourth-order valence-electron chi connectivity index (χ4n) is 12.3. The zero-order valence-electron chi connectivity index (χ0n) is 52.4. The minimum atomic E-state index is -4.64. The summed E-state index contributed by atoms with van der Waals surface area (Å²) in [6, 6.07) is 8.04. The van der Waals surface area contributed by atoms with Gasteiger partial charge in [-0.1, -0.05) is 372 Å². The summed E-state index contributed by atoms with van der Waals surface area (Å²) < 4.78 is 40.0. The van der Waals surface area contributed by atoms with E-state index >= 15 is 0 Å². The number of hydrogen-bond donors (Lipinski definition) is 0. The zero-order valence-corrected chi connectivity index (χ0v) is 55.2. The zero-order chi connectivity index (χ0) is 55.1. The number of carbonyl (C=O) groups excluding carboxylic acids is 1. The molecule has 6 heteroatoms. The number of carbonyl (C=O) groups is 1. The van der Waals surface area contributed by atoms with E-state index in [1.807, 2.05) is 18.9 Å². The smallest absolute Gasteiger partial charge is 0.744 e. The Kier molecular flexibility index (Phi) is 57.9. The topological polar surface area (TPSA) is 74.3 Å². The summed E-state index contributed by atoms with van der Waals surface area (Å²) in [5.41, 5.74) is 3.47. The van der Waals surface area contributed by atoms with E-state index in [0.29, 0.717) is 11.8 Å². The maximum absolute atomic E-state index is 13.3. The fourth-order valence-corrected chi connectivity index (χ4v) is 13.3. The molecular weight excluding hydrogens is 972 g/mol. The Balaban J connectivity index is 0.0000190. The predicted octanol–water partition coefficient (Wildman–Crippen LogP) is 21.3. The van der Waals surface area contributed by atoms with Gasteiger partial charge in [-0.2, -0.15) is 0 Å². The summed E-state index contributed by atoms with van der Waals surface area (Å²) >= 11 is 0. The molecule has 0 heterocycles. The molecule has 0 atom stereocenters. The summed E-state index contributed by atoms with van der Waals surface area (Å²) in [4.78, 5) is 8.11. The average molecular weight is 1100 g/mol. The number of unbranched alkanes of at least 4 members (excludes halogenated alkanes) is 51. The fraction of sp³-hybridized carbons (Fsp3) is 0.845. The van der Waals surface area contributed by atoms with Gasteiger partial charge in [-0.25, -0.2) is 8.42 Å². The molecule has 0 aliphatic rings. The van der Waals surface area contributed by atoms with E-state index in [9.17, 15) is 13.0 Å². The first-order chi connectivity index (χ1) is 37.5. The summed E-state index contributed by atoms with van der Waals surface area (Å²) in [5.74, 6) is 0. The largest absolute Gasteiger partial charge is 1.00 e.